The van der Waals surface area contributed by atoms with Crippen molar-refractivity contribution in [3.8, 4) is 28.4 Å². The molecule has 8 heteroatoms. The number of hydrogen-bond donors (Lipinski definition) is 2. The molecule has 0 aliphatic carbocycles. The average molecular weight is 450 g/mol. The monoisotopic (exact) mass is 449 g/mol. The topological polar surface area (TPSA) is 92.6 Å². The Bertz CT molecular complexity index is 1030. The number of nitrogens with zero attached hydrogens (tertiary/aromatic N) is 4. The van der Waals surface area contributed by atoms with Gasteiger partial charge in [0.15, 0.2) is 5.82 Å². The van der Waals surface area contributed by atoms with Crippen LogP contribution in [0.1, 0.15) is 12.8 Å². The molecule has 0 amide bonds. The summed E-state index contributed by atoms with van der Waals surface area (Å²) in [6.45, 7) is 2.22. The fourth-order valence-corrected chi connectivity index (χ4v) is 3.88. The summed E-state index contributed by atoms with van der Waals surface area (Å²) in [6, 6.07) is 14.0. The SMILES string of the molecule is CNCC(O)COc1cccc(-c2cc(N(C)C3CCOCC3)nc(-c3cccnc3)n2)c1. The minimum Gasteiger partial charge on any atom is -0.491 e. The molecular formula is C25H31N5O3. The van der Waals surface area contributed by atoms with Crippen LogP contribution in [0.2, 0.25) is 0 Å². The van der Waals surface area contributed by atoms with Crippen molar-refractivity contribution >= 4 is 5.82 Å². The lowest BCUT2D eigenvalue weighted by Crippen LogP contribution is -2.37. The van der Waals surface area contributed by atoms with Gasteiger partial charge in [-0.2, -0.15) is 0 Å². The molecule has 33 heavy (non-hydrogen) atoms. The van der Waals surface area contributed by atoms with Gasteiger partial charge in [0.05, 0.1) is 5.69 Å². The molecule has 1 saturated heterocycles. The third-order valence-corrected chi connectivity index (χ3v) is 5.74. The first-order chi connectivity index (χ1) is 16.1. The van der Waals surface area contributed by atoms with Crippen molar-refractivity contribution in [2.24, 2.45) is 0 Å². The molecule has 0 radical (unpaired) electrons. The van der Waals surface area contributed by atoms with Crippen molar-refractivity contribution in [1.29, 1.82) is 0 Å². The Hall–Kier alpha value is -3.07. The first-order valence-electron chi connectivity index (χ1n) is 11.3. The van der Waals surface area contributed by atoms with Gasteiger partial charge in [-0.15, -0.1) is 0 Å². The second kappa shape index (κ2) is 11.2. The van der Waals surface area contributed by atoms with E-state index in [1.807, 2.05) is 42.5 Å². The van der Waals surface area contributed by atoms with Crippen LogP contribution in [0, 0.1) is 0 Å². The van der Waals surface area contributed by atoms with Gasteiger partial charge in [-0.1, -0.05) is 12.1 Å². The van der Waals surface area contributed by atoms with Gasteiger partial charge in [0.1, 0.15) is 24.3 Å². The van der Waals surface area contributed by atoms with Gasteiger partial charge in [-0.25, -0.2) is 9.97 Å². The summed E-state index contributed by atoms with van der Waals surface area (Å²) in [6.07, 6.45) is 4.88. The third kappa shape index (κ3) is 6.04. The Balaban J connectivity index is 1.66. The highest BCUT2D eigenvalue weighted by Crippen LogP contribution is 2.29. The van der Waals surface area contributed by atoms with E-state index in [9.17, 15) is 5.11 Å². The van der Waals surface area contributed by atoms with Gasteiger partial charge in [0.25, 0.3) is 0 Å². The average Bonchev–Trinajstić information content (AvgIpc) is 2.88. The molecule has 8 nitrogen and oxygen atoms in total. The summed E-state index contributed by atoms with van der Waals surface area (Å²) >= 11 is 0. The lowest BCUT2D eigenvalue weighted by molar-refractivity contribution is 0.0853. The highest BCUT2D eigenvalue weighted by molar-refractivity contribution is 5.68. The molecule has 2 N–H and O–H groups in total. The fraction of sp³-hybridized carbons (Fsp3) is 0.400. The second-order valence-corrected chi connectivity index (χ2v) is 8.18. The predicted octanol–water partition coefficient (Wildman–Crippen LogP) is 2.78. The Labute approximate surface area is 194 Å². The number of aliphatic hydroxyl groups excluding tert-OH is 1. The van der Waals surface area contributed by atoms with Crippen LogP contribution in [0.3, 0.4) is 0 Å². The number of benzene rings is 1. The molecule has 3 heterocycles. The van der Waals surface area contributed by atoms with Crippen molar-refractivity contribution < 1.29 is 14.6 Å². The number of aliphatic hydroxyl groups is 1. The van der Waals surface area contributed by atoms with Crippen LogP contribution < -0.4 is 15.0 Å². The molecule has 1 aliphatic heterocycles. The number of hydrogen-bond acceptors (Lipinski definition) is 8. The van der Waals surface area contributed by atoms with Crippen molar-refractivity contribution in [2.45, 2.75) is 25.0 Å². The minimum absolute atomic E-state index is 0.215. The maximum absolute atomic E-state index is 9.95. The molecule has 0 spiro atoms. The fourth-order valence-electron chi connectivity index (χ4n) is 3.88. The summed E-state index contributed by atoms with van der Waals surface area (Å²) in [5, 5.41) is 12.9. The molecule has 2 aromatic heterocycles. The molecular weight excluding hydrogens is 418 g/mol. The molecule has 1 fully saturated rings. The van der Waals surface area contributed by atoms with Gasteiger partial charge in [0.2, 0.25) is 0 Å². The van der Waals surface area contributed by atoms with Gasteiger partial charge in [-0.3, -0.25) is 4.98 Å². The summed E-state index contributed by atoms with van der Waals surface area (Å²) in [7, 11) is 3.88. The first-order valence-corrected chi connectivity index (χ1v) is 11.3. The minimum atomic E-state index is -0.574. The van der Waals surface area contributed by atoms with Crippen LogP contribution in [0.4, 0.5) is 5.82 Å². The van der Waals surface area contributed by atoms with E-state index < -0.39 is 6.10 Å². The number of rotatable bonds is 9. The molecule has 0 bridgehead atoms. The standard InChI is InChI=1S/C25H31N5O3/c1-26-16-21(31)17-33-22-7-3-5-18(13-22)23-14-24(30(2)20-8-11-32-12-9-20)29-25(28-23)19-6-4-10-27-15-19/h3-7,10,13-15,20-21,26,31H,8-9,11-12,16-17H2,1-2H3. The van der Waals surface area contributed by atoms with Crippen molar-refractivity contribution in [1.82, 2.24) is 20.3 Å². The van der Waals surface area contributed by atoms with Gasteiger partial charge in [0, 0.05) is 62.4 Å². The third-order valence-electron chi connectivity index (χ3n) is 5.74. The largest absolute Gasteiger partial charge is 0.491 e. The normalized spacial score (nSPS) is 15.2. The number of likely N-dealkylation sites (N-methyl/N-ethyl adjacent to an activating group) is 1. The molecule has 174 valence electrons. The number of anilines is 1. The summed E-state index contributed by atoms with van der Waals surface area (Å²) in [5.74, 6) is 2.18. The number of ether oxygens (including phenoxy) is 2. The van der Waals surface area contributed by atoms with Crippen LogP contribution in [0.15, 0.2) is 54.9 Å². The lowest BCUT2D eigenvalue weighted by Gasteiger charge is -2.32. The highest BCUT2D eigenvalue weighted by Gasteiger charge is 2.21. The van der Waals surface area contributed by atoms with Crippen LogP contribution in [0.25, 0.3) is 22.6 Å². The summed E-state index contributed by atoms with van der Waals surface area (Å²) in [5.41, 5.74) is 2.59. The van der Waals surface area contributed by atoms with E-state index in [4.69, 9.17) is 19.4 Å². The first kappa shape index (κ1) is 23.1. The maximum atomic E-state index is 9.95. The van der Waals surface area contributed by atoms with E-state index in [1.165, 1.54) is 0 Å². The summed E-state index contributed by atoms with van der Waals surface area (Å²) in [4.78, 5) is 16.2. The van der Waals surface area contributed by atoms with E-state index in [-0.39, 0.29) is 6.61 Å². The van der Waals surface area contributed by atoms with Crippen LogP contribution in [-0.4, -0.2) is 72.7 Å². The zero-order chi connectivity index (χ0) is 23.0. The second-order valence-electron chi connectivity index (χ2n) is 8.18. The van der Waals surface area contributed by atoms with E-state index in [0.717, 1.165) is 48.7 Å². The van der Waals surface area contributed by atoms with Gasteiger partial charge in [-0.05, 0) is 44.2 Å². The van der Waals surface area contributed by atoms with Crippen molar-refractivity contribution in [2.75, 3.05) is 45.4 Å². The van der Waals surface area contributed by atoms with Crippen LogP contribution in [-0.2, 0) is 4.74 Å². The quantitative estimate of drug-likeness (QED) is 0.515. The molecule has 1 aromatic carbocycles. The number of aromatic nitrogens is 3. The van der Waals surface area contributed by atoms with Gasteiger partial charge >= 0.3 is 0 Å². The van der Waals surface area contributed by atoms with Gasteiger partial charge < -0.3 is 24.8 Å². The molecule has 3 aromatic rings. The molecule has 1 unspecified atom stereocenters. The maximum Gasteiger partial charge on any atom is 0.163 e. The zero-order valence-electron chi connectivity index (χ0n) is 19.1. The van der Waals surface area contributed by atoms with Crippen molar-refractivity contribution in [3.63, 3.8) is 0 Å². The Kier molecular flexibility index (Phi) is 7.83. The van der Waals surface area contributed by atoms with Crippen LogP contribution in [0.5, 0.6) is 5.75 Å². The zero-order valence-corrected chi connectivity index (χ0v) is 19.1. The van der Waals surface area contributed by atoms with E-state index >= 15 is 0 Å². The number of nitrogens with one attached hydrogen (secondary N) is 1. The van der Waals surface area contributed by atoms with Crippen LogP contribution >= 0.6 is 0 Å². The van der Waals surface area contributed by atoms with E-state index in [1.54, 1.807) is 19.4 Å². The van der Waals surface area contributed by atoms with E-state index in [0.29, 0.717) is 24.2 Å². The highest BCUT2D eigenvalue weighted by atomic mass is 16.5. The molecule has 0 saturated carbocycles. The Morgan fingerprint density at radius 2 is 1.97 bits per heavy atom. The Morgan fingerprint density at radius 1 is 1.15 bits per heavy atom. The smallest absolute Gasteiger partial charge is 0.163 e. The van der Waals surface area contributed by atoms with E-state index in [2.05, 4.69) is 22.2 Å². The molecule has 1 aliphatic rings. The molecule has 4 rings (SSSR count). The lowest BCUT2D eigenvalue weighted by atomic mass is 10.1. The number of pyridine rings is 1. The predicted molar refractivity (Wildman–Crippen MR) is 128 cm³/mol. The Morgan fingerprint density at radius 3 is 2.73 bits per heavy atom. The molecule has 1 atom stereocenters. The summed E-state index contributed by atoms with van der Waals surface area (Å²) < 4.78 is 11.3. The van der Waals surface area contributed by atoms with Crippen molar-refractivity contribution in [3.05, 3.63) is 54.9 Å².